The molecule has 1 aliphatic rings. The van der Waals surface area contributed by atoms with E-state index in [0.717, 1.165) is 41.1 Å². The SMILES string of the molecule is O=c1cc(-c2ccnc3[nH]ncc23)cc(N2CCCCC2)[nH]1. The van der Waals surface area contributed by atoms with Gasteiger partial charge in [0.05, 0.1) is 6.20 Å². The molecule has 0 amide bonds. The molecule has 112 valence electrons. The Bertz CT molecular complexity index is 860. The third kappa shape index (κ3) is 2.26. The molecule has 0 aromatic carbocycles. The number of pyridine rings is 2. The first kappa shape index (κ1) is 13.1. The van der Waals surface area contributed by atoms with E-state index in [1.54, 1.807) is 18.5 Å². The average molecular weight is 295 g/mol. The molecule has 2 N–H and O–H groups in total. The Balaban J connectivity index is 1.83. The zero-order chi connectivity index (χ0) is 14.9. The minimum Gasteiger partial charge on any atom is -0.358 e. The Hall–Kier alpha value is -2.63. The van der Waals surface area contributed by atoms with Crippen LogP contribution in [0.4, 0.5) is 5.82 Å². The highest BCUT2D eigenvalue weighted by Gasteiger charge is 2.14. The first-order chi connectivity index (χ1) is 10.8. The summed E-state index contributed by atoms with van der Waals surface area (Å²) in [4.78, 5) is 21.5. The summed E-state index contributed by atoms with van der Waals surface area (Å²) in [5, 5.41) is 7.83. The molecule has 3 aromatic rings. The Kier molecular flexibility index (Phi) is 3.14. The first-order valence-electron chi connectivity index (χ1n) is 7.59. The van der Waals surface area contributed by atoms with Gasteiger partial charge in [-0.1, -0.05) is 0 Å². The lowest BCUT2D eigenvalue weighted by molar-refractivity contribution is 0.573. The number of rotatable bonds is 2. The van der Waals surface area contributed by atoms with Crippen LogP contribution < -0.4 is 10.5 Å². The summed E-state index contributed by atoms with van der Waals surface area (Å²) < 4.78 is 0. The Morgan fingerprint density at radius 1 is 1.14 bits per heavy atom. The van der Waals surface area contributed by atoms with Crippen molar-refractivity contribution in [2.24, 2.45) is 0 Å². The van der Waals surface area contributed by atoms with E-state index in [4.69, 9.17) is 0 Å². The molecule has 1 fully saturated rings. The van der Waals surface area contributed by atoms with E-state index in [1.807, 2.05) is 6.07 Å². The summed E-state index contributed by atoms with van der Waals surface area (Å²) in [6, 6.07) is 5.61. The molecule has 0 saturated carbocycles. The van der Waals surface area contributed by atoms with E-state index in [0.29, 0.717) is 0 Å². The van der Waals surface area contributed by atoms with Crippen LogP contribution >= 0.6 is 0 Å². The molecule has 6 nitrogen and oxygen atoms in total. The zero-order valence-corrected chi connectivity index (χ0v) is 12.2. The minimum atomic E-state index is -0.0773. The van der Waals surface area contributed by atoms with Crippen LogP contribution in [0.1, 0.15) is 19.3 Å². The second kappa shape index (κ2) is 5.29. The molecule has 4 heterocycles. The Labute approximate surface area is 127 Å². The van der Waals surface area contributed by atoms with Crippen LogP contribution in [0.3, 0.4) is 0 Å². The molecule has 0 unspecified atom stereocenters. The van der Waals surface area contributed by atoms with Gasteiger partial charge in [0.25, 0.3) is 0 Å². The molecule has 0 atom stereocenters. The summed E-state index contributed by atoms with van der Waals surface area (Å²) >= 11 is 0. The van der Waals surface area contributed by atoms with Gasteiger partial charge in [0.15, 0.2) is 5.65 Å². The van der Waals surface area contributed by atoms with Crippen molar-refractivity contribution >= 4 is 16.9 Å². The predicted molar refractivity (Wildman–Crippen MR) is 86.0 cm³/mol. The topological polar surface area (TPSA) is 77.7 Å². The van der Waals surface area contributed by atoms with Crippen molar-refractivity contribution in [1.29, 1.82) is 0 Å². The highest BCUT2D eigenvalue weighted by Crippen LogP contribution is 2.28. The van der Waals surface area contributed by atoms with Gasteiger partial charge in [0.2, 0.25) is 5.56 Å². The zero-order valence-electron chi connectivity index (χ0n) is 12.2. The highest BCUT2D eigenvalue weighted by atomic mass is 16.1. The third-order valence-corrected chi connectivity index (χ3v) is 4.19. The lowest BCUT2D eigenvalue weighted by Crippen LogP contribution is -2.31. The van der Waals surface area contributed by atoms with Crippen molar-refractivity contribution in [2.45, 2.75) is 19.3 Å². The fraction of sp³-hybridized carbons (Fsp3) is 0.312. The second-order valence-electron chi connectivity index (χ2n) is 5.66. The van der Waals surface area contributed by atoms with E-state index in [9.17, 15) is 4.79 Å². The molecule has 0 spiro atoms. The molecule has 22 heavy (non-hydrogen) atoms. The lowest BCUT2D eigenvalue weighted by atomic mass is 10.0. The number of hydrogen-bond donors (Lipinski definition) is 2. The molecule has 0 radical (unpaired) electrons. The smallest absolute Gasteiger partial charge is 0.250 e. The monoisotopic (exact) mass is 295 g/mol. The van der Waals surface area contributed by atoms with Crippen molar-refractivity contribution in [3.8, 4) is 11.1 Å². The second-order valence-corrected chi connectivity index (χ2v) is 5.66. The van der Waals surface area contributed by atoms with Gasteiger partial charge in [-0.2, -0.15) is 5.10 Å². The van der Waals surface area contributed by atoms with Crippen LogP contribution in [0, 0.1) is 0 Å². The molecule has 0 bridgehead atoms. The number of anilines is 1. The summed E-state index contributed by atoms with van der Waals surface area (Å²) in [6.07, 6.45) is 7.10. The number of fused-ring (bicyclic) bond motifs is 1. The van der Waals surface area contributed by atoms with Crippen LogP contribution in [-0.2, 0) is 0 Å². The largest absolute Gasteiger partial charge is 0.358 e. The predicted octanol–water partition coefficient (Wildman–Crippen LogP) is 2.30. The summed E-state index contributed by atoms with van der Waals surface area (Å²) in [6.45, 7) is 1.99. The van der Waals surface area contributed by atoms with E-state index in [2.05, 4.69) is 31.1 Å². The highest BCUT2D eigenvalue weighted by molar-refractivity contribution is 5.92. The molecule has 3 aromatic heterocycles. The molecule has 1 aliphatic heterocycles. The molecular weight excluding hydrogens is 278 g/mol. The van der Waals surface area contributed by atoms with E-state index < -0.39 is 0 Å². The standard InChI is InChI=1S/C16H17N5O/c22-15-9-11(8-14(19-15)21-6-2-1-3-7-21)12-4-5-17-16-13(12)10-18-20-16/h4-5,8-10H,1-3,6-7H2,(H,19,22)(H,17,18,20). The van der Waals surface area contributed by atoms with Crippen molar-refractivity contribution in [3.63, 3.8) is 0 Å². The maximum Gasteiger partial charge on any atom is 0.250 e. The summed E-state index contributed by atoms with van der Waals surface area (Å²) in [7, 11) is 0. The van der Waals surface area contributed by atoms with Crippen LogP contribution in [0.2, 0.25) is 0 Å². The number of piperidine rings is 1. The molecule has 0 aliphatic carbocycles. The van der Waals surface area contributed by atoms with Gasteiger partial charge in [-0.25, -0.2) is 4.98 Å². The van der Waals surface area contributed by atoms with Crippen LogP contribution in [0.5, 0.6) is 0 Å². The Morgan fingerprint density at radius 2 is 2.00 bits per heavy atom. The van der Waals surface area contributed by atoms with Gasteiger partial charge < -0.3 is 9.88 Å². The van der Waals surface area contributed by atoms with Crippen molar-refractivity contribution in [2.75, 3.05) is 18.0 Å². The summed E-state index contributed by atoms with van der Waals surface area (Å²) in [5.74, 6) is 0.899. The minimum absolute atomic E-state index is 0.0773. The van der Waals surface area contributed by atoms with Gasteiger partial charge >= 0.3 is 0 Å². The normalized spacial score (nSPS) is 15.4. The van der Waals surface area contributed by atoms with E-state index >= 15 is 0 Å². The van der Waals surface area contributed by atoms with Crippen molar-refractivity contribution in [1.82, 2.24) is 20.2 Å². The fourth-order valence-electron chi connectivity index (χ4n) is 3.09. The van der Waals surface area contributed by atoms with Crippen LogP contribution in [0.25, 0.3) is 22.2 Å². The molecule has 4 rings (SSSR count). The number of aromatic amines is 2. The number of nitrogens with zero attached hydrogens (tertiary/aromatic N) is 3. The number of hydrogen-bond acceptors (Lipinski definition) is 4. The van der Waals surface area contributed by atoms with Gasteiger partial charge in [-0.15, -0.1) is 0 Å². The number of H-pyrrole nitrogens is 2. The Morgan fingerprint density at radius 3 is 2.86 bits per heavy atom. The van der Waals surface area contributed by atoms with Gasteiger partial charge in [0, 0.05) is 30.7 Å². The number of nitrogens with one attached hydrogen (secondary N) is 2. The van der Waals surface area contributed by atoms with Gasteiger partial charge in [-0.3, -0.25) is 9.89 Å². The maximum absolute atomic E-state index is 12.1. The van der Waals surface area contributed by atoms with Crippen molar-refractivity contribution < 1.29 is 0 Å². The quantitative estimate of drug-likeness (QED) is 0.760. The third-order valence-electron chi connectivity index (χ3n) is 4.19. The first-order valence-corrected chi connectivity index (χ1v) is 7.59. The maximum atomic E-state index is 12.1. The number of aromatic nitrogens is 4. The molecule has 6 heteroatoms. The van der Waals surface area contributed by atoms with Crippen molar-refractivity contribution in [3.05, 3.63) is 40.9 Å². The fourth-order valence-corrected chi connectivity index (χ4v) is 3.09. The van der Waals surface area contributed by atoms with E-state index in [-0.39, 0.29) is 5.56 Å². The average Bonchev–Trinajstić information content (AvgIpc) is 3.03. The molecular formula is C16H17N5O. The summed E-state index contributed by atoms with van der Waals surface area (Å²) in [5.41, 5.74) is 2.53. The molecule has 1 saturated heterocycles. The van der Waals surface area contributed by atoms with Gasteiger partial charge in [0.1, 0.15) is 5.82 Å². The van der Waals surface area contributed by atoms with E-state index in [1.165, 1.54) is 19.3 Å². The van der Waals surface area contributed by atoms with Gasteiger partial charge in [-0.05, 0) is 42.5 Å². The van der Waals surface area contributed by atoms with Crippen LogP contribution in [-0.4, -0.2) is 33.3 Å². The lowest BCUT2D eigenvalue weighted by Gasteiger charge is -2.28. The van der Waals surface area contributed by atoms with Crippen LogP contribution in [0.15, 0.2) is 35.4 Å².